The number of nitrogens with one attached hydrogen (secondary N) is 2. The molecule has 1 aliphatic rings. The highest BCUT2D eigenvalue weighted by molar-refractivity contribution is 6.33. The largest absolute Gasteiger partial charge is 0.482 e. The Morgan fingerprint density at radius 1 is 1.55 bits per heavy atom. The van der Waals surface area contributed by atoms with Crippen LogP contribution < -0.4 is 15.4 Å². The maximum atomic E-state index is 11.2. The molecule has 7 heteroatoms. The number of ether oxygens (including phenoxy) is 1. The molecular formula is C13H13ClN4O2. The Morgan fingerprint density at radius 3 is 3.15 bits per heavy atom. The van der Waals surface area contributed by atoms with Crippen LogP contribution in [0.1, 0.15) is 5.82 Å². The molecule has 0 saturated heterocycles. The second-order valence-corrected chi connectivity index (χ2v) is 4.88. The Balaban J connectivity index is 1.80. The van der Waals surface area contributed by atoms with Gasteiger partial charge in [0.15, 0.2) is 6.61 Å². The lowest BCUT2D eigenvalue weighted by molar-refractivity contribution is -0.118. The van der Waals surface area contributed by atoms with E-state index >= 15 is 0 Å². The molecule has 1 aromatic carbocycles. The minimum Gasteiger partial charge on any atom is -0.482 e. The van der Waals surface area contributed by atoms with Gasteiger partial charge in [-0.1, -0.05) is 11.6 Å². The van der Waals surface area contributed by atoms with E-state index in [-0.39, 0.29) is 12.5 Å². The van der Waals surface area contributed by atoms with Gasteiger partial charge in [0.1, 0.15) is 11.6 Å². The molecule has 2 heterocycles. The third-order valence-electron chi connectivity index (χ3n) is 3.06. The van der Waals surface area contributed by atoms with Crippen LogP contribution >= 0.6 is 11.6 Å². The molecule has 6 nitrogen and oxygen atoms in total. The van der Waals surface area contributed by atoms with Crippen molar-refractivity contribution < 1.29 is 9.53 Å². The monoisotopic (exact) mass is 292 g/mol. The van der Waals surface area contributed by atoms with Crippen molar-refractivity contribution in [1.29, 1.82) is 0 Å². The van der Waals surface area contributed by atoms with Gasteiger partial charge in [0.2, 0.25) is 0 Å². The lowest BCUT2D eigenvalue weighted by Crippen LogP contribution is -2.25. The Kier molecular flexibility index (Phi) is 3.23. The van der Waals surface area contributed by atoms with E-state index in [1.54, 1.807) is 18.3 Å². The van der Waals surface area contributed by atoms with Crippen LogP contribution in [-0.2, 0) is 18.4 Å². The number of amides is 1. The third kappa shape index (κ3) is 2.42. The van der Waals surface area contributed by atoms with E-state index in [1.165, 1.54) is 0 Å². The van der Waals surface area contributed by atoms with Crippen molar-refractivity contribution in [3.8, 4) is 5.75 Å². The Bertz CT molecular complexity index is 668. The zero-order valence-corrected chi connectivity index (χ0v) is 11.6. The number of hydrogen-bond acceptors (Lipinski definition) is 4. The minimum absolute atomic E-state index is 0.0213. The number of aromatic nitrogens is 2. The Hall–Kier alpha value is -2.21. The molecule has 0 saturated carbocycles. The molecule has 2 N–H and O–H groups in total. The van der Waals surface area contributed by atoms with Gasteiger partial charge in [-0.2, -0.15) is 0 Å². The van der Waals surface area contributed by atoms with E-state index in [0.717, 1.165) is 11.5 Å². The van der Waals surface area contributed by atoms with Crippen LogP contribution in [0.3, 0.4) is 0 Å². The van der Waals surface area contributed by atoms with Crippen LogP contribution in [0.25, 0.3) is 0 Å². The maximum Gasteiger partial charge on any atom is 0.262 e. The van der Waals surface area contributed by atoms with E-state index in [1.807, 2.05) is 17.8 Å². The average molecular weight is 293 g/mol. The summed E-state index contributed by atoms with van der Waals surface area (Å²) in [6.45, 7) is 0.571. The molecule has 0 radical (unpaired) electrons. The number of carbonyl (C=O) groups excluding carboxylic acids is 1. The van der Waals surface area contributed by atoms with Crippen molar-refractivity contribution in [2.45, 2.75) is 6.54 Å². The Labute approximate surface area is 120 Å². The first kappa shape index (κ1) is 12.8. The number of nitrogens with zero attached hydrogens (tertiary/aromatic N) is 2. The number of carbonyl (C=O) groups is 1. The summed E-state index contributed by atoms with van der Waals surface area (Å²) in [6.07, 6.45) is 3.62. The lowest BCUT2D eigenvalue weighted by Gasteiger charge is -2.20. The predicted octanol–water partition coefficient (Wildman–Crippen LogP) is 2.02. The molecule has 0 spiro atoms. The standard InChI is InChI=1S/C13H13ClN4O2/c1-18-3-2-15-12(18)6-16-9-5-11-10(4-8(9)14)17-13(19)7-20-11/h2-5,16H,6-7H2,1H3,(H,17,19). The minimum atomic E-state index is -0.178. The summed E-state index contributed by atoms with van der Waals surface area (Å²) in [4.78, 5) is 15.5. The summed E-state index contributed by atoms with van der Waals surface area (Å²) in [6, 6.07) is 3.45. The highest BCUT2D eigenvalue weighted by Gasteiger charge is 2.18. The van der Waals surface area contributed by atoms with Crippen LogP contribution in [0.4, 0.5) is 11.4 Å². The van der Waals surface area contributed by atoms with Crippen molar-refractivity contribution in [2.24, 2.45) is 7.05 Å². The molecule has 0 bridgehead atoms. The van der Waals surface area contributed by atoms with E-state index in [0.29, 0.717) is 23.0 Å². The van der Waals surface area contributed by atoms with E-state index in [4.69, 9.17) is 16.3 Å². The van der Waals surface area contributed by atoms with E-state index in [9.17, 15) is 4.79 Å². The average Bonchev–Trinajstić information content (AvgIpc) is 2.82. The predicted molar refractivity (Wildman–Crippen MR) is 76.1 cm³/mol. The normalized spacial score (nSPS) is 13.4. The van der Waals surface area contributed by atoms with Crippen LogP contribution in [0.5, 0.6) is 5.75 Å². The summed E-state index contributed by atoms with van der Waals surface area (Å²) in [7, 11) is 1.93. The van der Waals surface area contributed by atoms with Crippen LogP contribution in [0, 0.1) is 0 Å². The summed E-state index contributed by atoms with van der Waals surface area (Å²) in [5.41, 5.74) is 1.33. The van der Waals surface area contributed by atoms with Crippen LogP contribution in [0.2, 0.25) is 5.02 Å². The fraction of sp³-hybridized carbons (Fsp3) is 0.231. The van der Waals surface area contributed by atoms with Gasteiger partial charge in [-0.05, 0) is 6.07 Å². The fourth-order valence-corrected chi connectivity index (χ4v) is 2.21. The first-order chi connectivity index (χ1) is 9.63. The number of anilines is 2. The quantitative estimate of drug-likeness (QED) is 0.908. The topological polar surface area (TPSA) is 68.2 Å². The number of fused-ring (bicyclic) bond motifs is 1. The van der Waals surface area contributed by atoms with E-state index in [2.05, 4.69) is 15.6 Å². The summed E-state index contributed by atoms with van der Waals surface area (Å²) in [5.74, 6) is 1.33. The molecule has 1 aromatic heterocycles. The zero-order chi connectivity index (χ0) is 14.1. The van der Waals surface area contributed by atoms with Crippen molar-refractivity contribution in [2.75, 3.05) is 17.2 Å². The number of benzene rings is 1. The van der Waals surface area contributed by atoms with Gasteiger partial charge in [0, 0.05) is 25.5 Å². The van der Waals surface area contributed by atoms with Gasteiger partial charge in [-0.3, -0.25) is 4.79 Å². The molecular weight excluding hydrogens is 280 g/mol. The van der Waals surface area contributed by atoms with Gasteiger partial charge >= 0.3 is 0 Å². The highest BCUT2D eigenvalue weighted by Crippen LogP contribution is 2.36. The number of halogens is 1. The first-order valence-corrected chi connectivity index (χ1v) is 6.47. The summed E-state index contributed by atoms with van der Waals surface area (Å²) in [5, 5.41) is 6.44. The van der Waals surface area contributed by atoms with Crippen molar-refractivity contribution in [3.05, 3.63) is 35.4 Å². The first-order valence-electron chi connectivity index (χ1n) is 6.10. The van der Waals surface area contributed by atoms with Gasteiger partial charge in [-0.25, -0.2) is 4.98 Å². The molecule has 1 amide bonds. The molecule has 3 rings (SSSR count). The molecule has 2 aromatic rings. The molecule has 20 heavy (non-hydrogen) atoms. The molecule has 0 aliphatic carbocycles. The second-order valence-electron chi connectivity index (χ2n) is 4.47. The maximum absolute atomic E-state index is 11.2. The highest BCUT2D eigenvalue weighted by atomic mass is 35.5. The van der Waals surface area contributed by atoms with Crippen molar-refractivity contribution in [3.63, 3.8) is 0 Å². The molecule has 0 atom stereocenters. The fourth-order valence-electron chi connectivity index (χ4n) is 1.98. The second kappa shape index (κ2) is 5.05. The summed E-state index contributed by atoms with van der Waals surface area (Å²) < 4.78 is 7.29. The van der Waals surface area contributed by atoms with Crippen LogP contribution in [-0.4, -0.2) is 22.1 Å². The van der Waals surface area contributed by atoms with Crippen molar-refractivity contribution in [1.82, 2.24) is 9.55 Å². The summed E-state index contributed by atoms with van der Waals surface area (Å²) >= 11 is 6.19. The molecule has 1 aliphatic heterocycles. The van der Waals surface area contributed by atoms with Gasteiger partial charge in [0.25, 0.3) is 5.91 Å². The van der Waals surface area contributed by atoms with Gasteiger partial charge in [0.05, 0.1) is 22.9 Å². The molecule has 0 fully saturated rings. The molecule has 104 valence electrons. The third-order valence-corrected chi connectivity index (χ3v) is 3.37. The number of aryl methyl sites for hydroxylation is 1. The molecule has 0 unspecified atom stereocenters. The van der Waals surface area contributed by atoms with E-state index < -0.39 is 0 Å². The number of rotatable bonds is 3. The van der Waals surface area contributed by atoms with Crippen molar-refractivity contribution >= 4 is 28.9 Å². The van der Waals surface area contributed by atoms with Gasteiger partial charge in [-0.15, -0.1) is 0 Å². The SMILES string of the molecule is Cn1ccnc1CNc1cc2c(cc1Cl)NC(=O)CO2. The van der Waals surface area contributed by atoms with Crippen LogP contribution in [0.15, 0.2) is 24.5 Å². The number of imidazole rings is 1. The van der Waals surface area contributed by atoms with Gasteiger partial charge < -0.3 is 19.9 Å². The Morgan fingerprint density at radius 2 is 2.40 bits per heavy atom. The zero-order valence-electron chi connectivity index (χ0n) is 10.8. The lowest BCUT2D eigenvalue weighted by atomic mass is 10.2. The number of hydrogen-bond donors (Lipinski definition) is 2. The smallest absolute Gasteiger partial charge is 0.262 e.